The normalized spacial score (nSPS) is 11.8. The highest BCUT2D eigenvalue weighted by molar-refractivity contribution is 5.69. The number of benzene rings is 2. The van der Waals surface area contributed by atoms with Gasteiger partial charge >= 0.3 is 0 Å². The first-order valence-electron chi connectivity index (χ1n) is 8.78. The summed E-state index contributed by atoms with van der Waals surface area (Å²) in [5, 5.41) is 0. The fraction of sp³-hybridized carbons (Fsp3) is 0.364. The van der Waals surface area contributed by atoms with Crippen molar-refractivity contribution in [2.24, 2.45) is 0 Å². The molecular weight excluding hydrogens is 294 g/mol. The van der Waals surface area contributed by atoms with Gasteiger partial charge in [-0.2, -0.15) is 0 Å². The van der Waals surface area contributed by atoms with E-state index in [4.69, 9.17) is 4.74 Å². The lowest BCUT2D eigenvalue weighted by Gasteiger charge is -2.30. The zero-order chi connectivity index (χ0) is 17.4. The molecule has 0 heterocycles. The van der Waals surface area contributed by atoms with Crippen LogP contribution in [-0.2, 0) is 0 Å². The summed E-state index contributed by atoms with van der Waals surface area (Å²) in [6, 6.07) is 19.7. The van der Waals surface area contributed by atoms with E-state index in [2.05, 4.69) is 69.0 Å². The Morgan fingerprint density at radius 3 is 1.88 bits per heavy atom. The maximum atomic E-state index is 5.89. The summed E-state index contributed by atoms with van der Waals surface area (Å²) in [7, 11) is 0. The molecule has 24 heavy (non-hydrogen) atoms. The molecule has 0 N–H and O–H groups in total. The zero-order valence-electron chi connectivity index (χ0n) is 15.3. The molecule has 128 valence electrons. The SMILES string of the molecule is CC(C)N(CCOc1ccc(/C=C/c2ccccc2)cc1)C(C)C. The van der Waals surface area contributed by atoms with E-state index in [0.29, 0.717) is 12.1 Å². The molecular formula is C22H29NO. The molecule has 2 heteroatoms. The number of nitrogens with zero attached hydrogens (tertiary/aromatic N) is 1. The van der Waals surface area contributed by atoms with Crippen molar-refractivity contribution in [3.63, 3.8) is 0 Å². The highest BCUT2D eigenvalue weighted by Crippen LogP contribution is 2.15. The molecule has 0 spiro atoms. The zero-order valence-corrected chi connectivity index (χ0v) is 15.3. The van der Waals surface area contributed by atoms with Crippen LogP contribution in [0.1, 0.15) is 38.8 Å². The van der Waals surface area contributed by atoms with E-state index >= 15 is 0 Å². The lowest BCUT2D eigenvalue weighted by molar-refractivity contribution is 0.142. The van der Waals surface area contributed by atoms with E-state index in [1.54, 1.807) is 0 Å². The fourth-order valence-electron chi connectivity index (χ4n) is 2.81. The molecule has 0 bridgehead atoms. The van der Waals surface area contributed by atoms with Crippen molar-refractivity contribution in [2.45, 2.75) is 39.8 Å². The van der Waals surface area contributed by atoms with Gasteiger partial charge in [0.25, 0.3) is 0 Å². The predicted molar refractivity (Wildman–Crippen MR) is 104 cm³/mol. The Kier molecular flexibility index (Phi) is 7.07. The van der Waals surface area contributed by atoms with Crippen molar-refractivity contribution in [3.8, 4) is 5.75 Å². The molecule has 0 fully saturated rings. The maximum Gasteiger partial charge on any atom is 0.119 e. The van der Waals surface area contributed by atoms with Crippen molar-refractivity contribution in [2.75, 3.05) is 13.2 Å². The van der Waals surface area contributed by atoms with Gasteiger partial charge in [0.2, 0.25) is 0 Å². The molecule has 0 radical (unpaired) electrons. The fourth-order valence-corrected chi connectivity index (χ4v) is 2.81. The lowest BCUT2D eigenvalue weighted by atomic mass is 10.1. The number of ether oxygens (including phenoxy) is 1. The summed E-state index contributed by atoms with van der Waals surface area (Å²) >= 11 is 0. The minimum atomic E-state index is 0.541. The molecule has 2 nitrogen and oxygen atoms in total. The summed E-state index contributed by atoms with van der Waals surface area (Å²) in [5.74, 6) is 0.930. The monoisotopic (exact) mass is 323 g/mol. The minimum absolute atomic E-state index is 0.541. The van der Waals surface area contributed by atoms with Crippen LogP contribution in [-0.4, -0.2) is 30.1 Å². The Morgan fingerprint density at radius 1 is 0.792 bits per heavy atom. The Hall–Kier alpha value is -2.06. The molecule has 2 rings (SSSR count). The maximum absolute atomic E-state index is 5.89. The van der Waals surface area contributed by atoms with Gasteiger partial charge in [0.05, 0.1) is 0 Å². The van der Waals surface area contributed by atoms with Crippen molar-refractivity contribution in [1.82, 2.24) is 4.90 Å². The Bertz CT molecular complexity index is 606. The van der Waals surface area contributed by atoms with Crippen LogP contribution in [0.3, 0.4) is 0 Å². The van der Waals surface area contributed by atoms with Gasteiger partial charge in [-0.3, -0.25) is 4.90 Å². The predicted octanol–water partition coefficient (Wildman–Crippen LogP) is 5.35. The van der Waals surface area contributed by atoms with Crippen LogP contribution in [0.2, 0.25) is 0 Å². The Balaban J connectivity index is 1.85. The van der Waals surface area contributed by atoms with Gasteiger partial charge in [-0.1, -0.05) is 54.6 Å². The lowest BCUT2D eigenvalue weighted by Crippen LogP contribution is -2.39. The second-order valence-electron chi connectivity index (χ2n) is 6.59. The first kappa shape index (κ1) is 18.3. The number of hydrogen-bond donors (Lipinski definition) is 0. The second kappa shape index (κ2) is 9.29. The molecule has 2 aromatic carbocycles. The first-order valence-corrected chi connectivity index (χ1v) is 8.78. The van der Waals surface area contributed by atoms with Crippen molar-refractivity contribution in [1.29, 1.82) is 0 Å². The summed E-state index contributed by atoms with van der Waals surface area (Å²) in [4.78, 5) is 2.44. The quantitative estimate of drug-likeness (QED) is 0.607. The van der Waals surface area contributed by atoms with Gasteiger partial charge in [-0.05, 0) is 51.0 Å². The largest absolute Gasteiger partial charge is 0.492 e. The molecule has 0 saturated carbocycles. The van der Waals surface area contributed by atoms with Crippen molar-refractivity contribution in [3.05, 3.63) is 65.7 Å². The van der Waals surface area contributed by atoms with Gasteiger partial charge in [0, 0.05) is 18.6 Å². The molecule has 0 unspecified atom stereocenters. The molecule has 0 aromatic heterocycles. The van der Waals surface area contributed by atoms with Crippen LogP contribution in [0.4, 0.5) is 0 Å². The van der Waals surface area contributed by atoms with Gasteiger partial charge < -0.3 is 4.74 Å². The van der Waals surface area contributed by atoms with E-state index in [1.807, 2.05) is 30.3 Å². The van der Waals surface area contributed by atoms with E-state index in [9.17, 15) is 0 Å². The second-order valence-corrected chi connectivity index (χ2v) is 6.59. The van der Waals surface area contributed by atoms with Gasteiger partial charge in [-0.15, -0.1) is 0 Å². The molecule has 0 saturated heterocycles. The highest BCUT2D eigenvalue weighted by Gasteiger charge is 2.12. The summed E-state index contributed by atoms with van der Waals surface area (Å²) in [6.45, 7) is 10.6. The standard InChI is InChI=1S/C22H29NO/c1-18(2)23(19(3)4)16-17-24-22-14-12-21(13-15-22)11-10-20-8-6-5-7-9-20/h5-15,18-19H,16-17H2,1-4H3/b11-10+. The third-order valence-electron chi connectivity index (χ3n) is 4.09. The van der Waals surface area contributed by atoms with E-state index < -0.39 is 0 Å². The van der Waals surface area contributed by atoms with Crippen LogP contribution in [0.15, 0.2) is 54.6 Å². The molecule has 0 aliphatic heterocycles. The van der Waals surface area contributed by atoms with Crippen molar-refractivity contribution >= 4 is 12.2 Å². The van der Waals surface area contributed by atoms with Crippen LogP contribution < -0.4 is 4.74 Å². The number of hydrogen-bond acceptors (Lipinski definition) is 2. The average Bonchev–Trinajstić information content (AvgIpc) is 2.58. The Morgan fingerprint density at radius 2 is 1.33 bits per heavy atom. The summed E-state index contributed by atoms with van der Waals surface area (Å²) < 4.78 is 5.89. The topological polar surface area (TPSA) is 12.5 Å². The third kappa shape index (κ3) is 5.86. The number of rotatable bonds is 8. The van der Waals surface area contributed by atoms with E-state index in [1.165, 1.54) is 11.1 Å². The molecule has 0 aliphatic carbocycles. The molecule has 0 aliphatic rings. The summed E-state index contributed by atoms with van der Waals surface area (Å²) in [6.07, 6.45) is 4.25. The summed E-state index contributed by atoms with van der Waals surface area (Å²) in [5.41, 5.74) is 2.39. The van der Waals surface area contributed by atoms with Crippen LogP contribution in [0.25, 0.3) is 12.2 Å². The van der Waals surface area contributed by atoms with E-state index in [0.717, 1.165) is 18.9 Å². The third-order valence-corrected chi connectivity index (χ3v) is 4.09. The first-order chi connectivity index (χ1) is 11.6. The minimum Gasteiger partial charge on any atom is -0.492 e. The van der Waals surface area contributed by atoms with Gasteiger partial charge in [-0.25, -0.2) is 0 Å². The van der Waals surface area contributed by atoms with Crippen LogP contribution >= 0.6 is 0 Å². The molecule has 0 atom stereocenters. The molecule has 0 amide bonds. The van der Waals surface area contributed by atoms with E-state index in [-0.39, 0.29) is 0 Å². The molecule has 2 aromatic rings. The average molecular weight is 323 g/mol. The van der Waals surface area contributed by atoms with Crippen LogP contribution in [0, 0.1) is 0 Å². The highest BCUT2D eigenvalue weighted by atomic mass is 16.5. The van der Waals surface area contributed by atoms with Crippen molar-refractivity contribution < 1.29 is 4.74 Å². The Labute approximate surface area is 146 Å². The van der Waals surface area contributed by atoms with Gasteiger partial charge in [0.1, 0.15) is 12.4 Å². The van der Waals surface area contributed by atoms with Gasteiger partial charge in [0.15, 0.2) is 0 Å². The smallest absolute Gasteiger partial charge is 0.119 e. The van der Waals surface area contributed by atoms with Crippen LogP contribution in [0.5, 0.6) is 5.75 Å².